The topological polar surface area (TPSA) is 70.7 Å². The Balaban J connectivity index is 1.96. The minimum absolute atomic E-state index is 0.656. The van der Waals surface area contributed by atoms with Gasteiger partial charge in [-0.2, -0.15) is 5.10 Å². The summed E-state index contributed by atoms with van der Waals surface area (Å²) in [6.07, 6.45) is 5.45. The van der Waals surface area contributed by atoms with Gasteiger partial charge in [-0.05, 0) is 37.0 Å². The van der Waals surface area contributed by atoms with Crippen LogP contribution in [0.15, 0.2) is 29.4 Å². The molecule has 0 atom stereocenters. The number of nitrogens with zero attached hydrogens (tertiary/aromatic N) is 2. The highest BCUT2D eigenvalue weighted by atomic mass is 16.2. The Morgan fingerprint density at radius 2 is 1.89 bits per heavy atom. The predicted molar refractivity (Wildman–Crippen MR) is 72.8 cm³/mol. The summed E-state index contributed by atoms with van der Waals surface area (Å²) in [5, 5.41) is 3.72. The SMILES string of the molecule is NC(=O)N/N=C\c1ccc(N2CCCCC2)cc1. The van der Waals surface area contributed by atoms with Crippen molar-refractivity contribution in [2.45, 2.75) is 19.3 Å². The number of hydrogen-bond acceptors (Lipinski definition) is 3. The largest absolute Gasteiger partial charge is 0.372 e. The summed E-state index contributed by atoms with van der Waals surface area (Å²) in [5.41, 5.74) is 9.26. The van der Waals surface area contributed by atoms with Crippen molar-refractivity contribution in [3.63, 3.8) is 0 Å². The van der Waals surface area contributed by atoms with Crippen molar-refractivity contribution in [3.05, 3.63) is 29.8 Å². The molecule has 1 aliphatic rings. The summed E-state index contributed by atoms with van der Waals surface area (Å²) in [6, 6.07) is 7.47. The zero-order valence-electron chi connectivity index (χ0n) is 10.3. The molecule has 18 heavy (non-hydrogen) atoms. The molecule has 0 saturated carbocycles. The number of hydrazone groups is 1. The Kier molecular flexibility index (Phi) is 4.17. The number of anilines is 1. The molecule has 1 saturated heterocycles. The number of piperidine rings is 1. The first-order valence-electron chi connectivity index (χ1n) is 6.19. The van der Waals surface area contributed by atoms with Gasteiger partial charge in [-0.3, -0.25) is 0 Å². The van der Waals surface area contributed by atoms with E-state index in [-0.39, 0.29) is 0 Å². The Bertz CT molecular complexity index is 421. The van der Waals surface area contributed by atoms with Crippen LogP contribution in [0.4, 0.5) is 10.5 Å². The quantitative estimate of drug-likeness (QED) is 0.629. The summed E-state index contributed by atoms with van der Waals surface area (Å²) in [4.78, 5) is 12.8. The lowest BCUT2D eigenvalue weighted by atomic mass is 10.1. The van der Waals surface area contributed by atoms with Crippen molar-refractivity contribution in [1.82, 2.24) is 5.43 Å². The van der Waals surface area contributed by atoms with E-state index < -0.39 is 6.03 Å². The molecule has 0 aliphatic carbocycles. The van der Waals surface area contributed by atoms with Gasteiger partial charge in [0.1, 0.15) is 0 Å². The maximum absolute atomic E-state index is 10.4. The van der Waals surface area contributed by atoms with Crippen LogP contribution in [0.5, 0.6) is 0 Å². The third kappa shape index (κ3) is 3.48. The molecule has 3 N–H and O–H groups in total. The normalized spacial score (nSPS) is 15.9. The predicted octanol–water partition coefficient (Wildman–Crippen LogP) is 1.68. The van der Waals surface area contributed by atoms with Crippen LogP contribution in [0.3, 0.4) is 0 Å². The molecule has 1 aromatic carbocycles. The van der Waals surface area contributed by atoms with Crippen LogP contribution in [0.1, 0.15) is 24.8 Å². The van der Waals surface area contributed by atoms with Crippen LogP contribution >= 0.6 is 0 Å². The minimum Gasteiger partial charge on any atom is -0.372 e. The number of rotatable bonds is 3. The van der Waals surface area contributed by atoms with Crippen molar-refractivity contribution in [2.75, 3.05) is 18.0 Å². The zero-order valence-corrected chi connectivity index (χ0v) is 10.3. The van der Waals surface area contributed by atoms with E-state index in [1.165, 1.54) is 24.9 Å². The number of benzene rings is 1. The van der Waals surface area contributed by atoms with Crippen LogP contribution in [0.2, 0.25) is 0 Å². The van der Waals surface area contributed by atoms with Crippen LogP contribution in [-0.4, -0.2) is 25.3 Å². The molecule has 0 bridgehead atoms. The first kappa shape index (κ1) is 12.4. The van der Waals surface area contributed by atoms with Crippen molar-refractivity contribution in [2.24, 2.45) is 10.8 Å². The molecular formula is C13H18N4O. The van der Waals surface area contributed by atoms with Crippen molar-refractivity contribution in [3.8, 4) is 0 Å². The Hall–Kier alpha value is -2.04. The van der Waals surface area contributed by atoms with Gasteiger partial charge in [0.25, 0.3) is 0 Å². The van der Waals surface area contributed by atoms with Gasteiger partial charge in [0.15, 0.2) is 0 Å². The monoisotopic (exact) mass is 246 g/mol. The fourth-order valence-corrected chi connectivity index (χ4v) is 2.09. The number of amides is 2. The Morgan fingerprint density at radius 1 is 1.22 bits per heavy atom. The summed E-state index contributed by atoms with van der Waals surface area (Å²) < 4.78 is 0. The average molecular weight is 246 g/mol. The molecule has 0 spiro atoms. The zero-order chi connectivity index (χ0) is 12.8. The fourth-order valence-electron chi connectivity index (χ4n) is 2.09. The summed E-state index contributed by atoms with van der Waals surface area (Å²) in [5.74, 6) is 0. The number of nitrogens with two attached hydrogens (primary N) is 1. The second-order valence-electron chi connectivity index (χ2n) is 4.37. The third-order valence-corrected chi connectivity index (χ3v) is 3.00. The molecule has 0 radical (unpaired) electrons. The smallest absolute Gasteiger partial charge is 0.332 e. The lowest BCUT2D eigenvalue weighted by Crippen LogP contribution is -2.29. The van der Waals surface area contributed by atoms with E-state index >= 15 is 0 Å². The van der Waals surface area contributed by atoms with Gasteiger partial charge in [0, 0.05) is 18.8 Å². The first-order chi connectivity index (χ1) is 8.75. The second-order valence-corrected chi connectivity index (χ2v) is 4.37. The lowest BCUT2D eigenvalue weighted by Gasteiger charge is -2.28. The molecule has 5 heteroatoms. The summed E-state index contributed by atoms with van der Waals surface area (Å²) in [7, 11) is 0. The van der Waals surface area contributed by atoms with Crippen molar-refractivity contribution in [1.29, 1.82) is 0 Å². The molecule has 0 unspecified atom stereocenters. The average Bonchev–Trinajstić information content (AvgIpc) is 2.40. The van der Waals surface area contributed by atoms with Crippen LogP contribution in [0.25, 0.3) is 0 Å². The van der Waals surface area contributed by atoms with Gasteiger partial charge in [0.05, 0.1) is 6.21 Å². The van der Waals surface area contributed by atoms with Crippen molar-refractivity contribution < 1.29 is 4.79 Å². The highest BCUT2D eigenvalue weighted by molar-refractivity contribution is 5.82. The molecule has 1 heterocycles. The molecule has 1 aromatic rings. The van der Waals surface area contributed by atoms with Gasteiger partial charge in [-0.1, -0.05) is 12.1 Å². The van der Waals surface area contributed by atoms with Crippen LogP contribution in [-0.2, 0) is 0 Å². The van der Waals surface area contributed by atoms with Crippen LogP contribution < -0.4 is 16.1 Å². The summed E-state index contributed by atoms with van der Waals surface area (Å²) >= 11 is 0. The van der Waals surface area contributed by atoms with E-state index in [9.17, 15) is 4.79 Å². The van der Waals surface area contributed by atoms with E-state index in [2.05, 4.69) is 27.6 Å². The molecule has 2 rings (SSSR count). The number of nitrogens with one attached hydrogen (secondary N) is 1. The van der Waals surface area contributed by atoms with Gasteiger partial charge >= 0.3 is 6.03 Å². The summed E-state index contributed by atoms with van der Waals surface area (Å²) in [6.45, 7) is 2.27. The number of urea groups is 1. The van der Waals surface area contributed by atoms with Gasteiger partial charge < -0.3 is 10.6 Å². The van der Waals surface area contributed by atoms with E-state index in [1.807, 2.05) is 12.1 Å². The van der Waals surface area contributed by atoms with E-state index in [0.29, 0.717) is 0 Å². The number of primary amides is 1. The molecule has 96 valence electrons. The molecule has 5 nitrogen and oxygen atoms in total. The van der Waals surface area contributed by atoms with E-state index in [1.54, 1.807) is 6.21 Å². The molecule has 1 fully saturated rings. The highest BCUT2D eigenvalue weighted by Gasteiger charge is 2.09. The second kappa shape index (κ2) is 6.05. The Labute approximate surface area is 107 Å². The molecule has 0 aromatic heterocycles. The third-order valence-electron chi connectivity index (χ3n) is 3.00. The van der Waals surface area contributed by atoms with E-state index in [4.69, 9.17) is 5.73 Å². The number of carbonyl (C=O) groups excluding carboxylic acids is 1. The fraction of sp³-hybridized carbons (Fsp3) is 0.385. The number of carbonyl (C=O) groups is 1. The maximum atomic E-state index is 10.4. The maximum Gasteiger partial charge on any atom is 0.332 e. The van der Waals surface area contributed by atoms with E-state index in [0.717, 1.165) is 18.7 Å². The molecular weight excluding hydrogens is 228 g/mol. The first-order valence-corrected chi connectivity index (χ1v) is 6.19. The molecule has 1 aliphatic heterocycles. The van der Waals surface area contributed by atoms with Crippen LogP contribution in [0, 0.1) is 0 Å². The number of hydrogen-bond donors (Lipinski definition) is 2. The lowest BCUT2D eigenvalue weighted by molar-refractivity contribution is 0.249. The van der Waals surface area contributed by atoms with Gasteiger partial charge in [0.2, 0.25) is 0 Å². The standard InChI is InChI=1S/C13H18N4O/c14-13(18)16-15-10-11-4-6-12(7-5-11)17-8-2-1-3-9-17/h4-7,10H,1-3,8-9H2,(H3,14,16,18)/b15-10-. The van der Waals surface area contributed by atoms with Gasteiger partial charge in [-0.15, -0.1) is 0 Å². The molecule has 2 amide bonds. The minimum atomic E-state index is -0.656. The van der Waals surface area contributed by atoms with Gasteiger partial charge in [-0.25, -0.2) is 10.2 Å². The highest BCUT2D eigenvalue weighted by Crippen LogP contribution is 2.19. The van der Waals surface area contributed by atoms with Crippen molar-refractivity contribution >= 4 is 17.9 Å². The Morgan fingerprint density at radius 3 is 2.50 bits per heavy atom.